The third-order valence-corrected chi connectivity index (χ3v) is 7.78. The Balaban J connectivity index is 1.43. The number of thioether (sulfide) groups is 1. The lowest BCUT2D eigenvalue weighted by Crippen LogP contribution is -2.33. The SMILES string of the molecule is COC(=O)c1c(Br)c(OC)cc(O)c1CSC[C@H](NC(=S)Nc1ccc(Nc2ccncc2)cc1)c1nc(C)no1. The maximum absolute atomic E-state index is 12.5. The Labute approximate surface area is 254 Å². The molecule has 214 valence electrons. The molecule has 4 N–H and O–H groups in total. The standard InChI is InChI=1S/C27H27BrN6O5S2/c1-15-30-25(39-34-15)20(14-41-13-19-21(35)12-22(37-2)24(28)23(19)26(36)38-3)33-27(40)32-17-6-4-16(5-7-17)31-18-8-10-29-11-9-18/h4-12,20,35H,13-14H2,1-3H3,(H,29,31)(H2,32,33,40)/t20-/m0/s1. The maximum Gasteiger partial charge on any atom is 0.339 e. The van der Waals surface area contributed by atoms with E-state index in [-0.39, 0.29) is 17.1 Å². The number of hydrogen-bond donors (Lipinski definition) is 4. The molecule has 0 unspecified atom stereocenters. The number of nitrogens with one attached hydrogen (secondary N) is 3. The molecule has 2 aromatic carbocycles. The van der Waals surface area contributed by atoms with Crippen LogP contribution in [0.4, 0.5) is 17.1 Å². The first-order valence-corrected chi connectivity index (χ1v) is 14.5. The lowest BCUT2D eigenvalue weighted by molar-refractivity contribution is 0.0597. The Morgan fingerprint density at radius 2 is 1.83 bits per heavy atom. The van der Waals surface area contributed by atoms with Crippen LogP contribution >= 0.6 is 39.9 Å². The van der Waals surface area contributed by atoms with Crippen LogP contribution in [0.1, 0.15) is 33.7 Å². The predicted molar refractivity (Wildman–Crippen MR) is 165 cm³/mol. The summed E-state index contributed by atoms with van der Waals surface area (Å²) in [5.41, 5.74) is 3.22. The number of aromatic nitrogens is 3. The molecule has 2 heterocycles. The molecular formula is C27H27BrN6O5S2. The van der Waals surface area contributed by atoms with Crippen molar-refractivity contribution in [1.82, 2.24) is 20.4 Å². The van der Waals surface area contributed by atoms with Crippen molar-refractivity contribution in [2.75, 3.05) is 30.6 Å². The highest BCUT2D eigenvalue weighted by Crippen LogP contribution is 2.39. The zero-order valence-corrected chi connectivity index (χ0v) is 25.5. The molecule has 0 aliphatic carbocycles. The van der Waals surface area contributed by atoms with Gasteiger partial charge in [-0.25, -0.2) is 4.79 Å². The summed E-state index contributed by atoms with van der Waals surface area (Å²) in [6.45, 7) is 1.73. The van der Waals surface area contributed by atoms with Gasteiger partial charge in [0.15, 0.2) is 10.9 Å². The van der Waals surface area contributed by atoms with Gasteiger partial charge >= 0.3 is 5.97 Å². The van der Waals surface area contributed by atoms with Crippen LogP contribution in [0.3, 0.4) is 0 Å². The van der Waals surface area contributed by atoms with Gasteiger partial charge in [0.2, 0.25) is 5.89 Å². The summed E-state index contributed by atoms with van der Waals surface area (Å²) in [6, 6.07) is 12.4. The van der Waals surface area contributed by atoms with E-state index in [1.54, 1.807) is 19.3 Å². The van der Waals surface area contributed by atoms with Crippen LogP contribution in [-0.2, 0) is 10.5 Å². The Morgan fingerprint density at radius 3 is 2.46 bits per heavy atom. The van der Waals surface area contributed by atoms with Gasteiger partial charge in [0.1, 0.15) is 17.5 Å². The minimum absolute atomic E-state index is 0.0878. The molecule has 4 rings (SSSR count). The lowest BCUT2D eigenvalue weighted by atomic mass is 10.1. The molecule has 41 heavy (non-hydrogen) atoms. The molecule has 0 saturated heterocycles. The van der Waals surface area contributed by atoms with E-state index in [0.29, 0.717) is 38.4 Å². The van der Waals surface area contributed by atoms with E-state index in [1.165, 1.54) is 32.0 Å². The second kappa shape index (κ2) is 14.1. The zero-order chi connectivity index (χ0) is 29.4. The highest BCUT2D eigenvalue weighted by molar-refractivity contribution is 9.10. The molecule has 0 saturated carbocycles. The van der Waals surface area contributed by atoms with E-state index in [1.807, 2.05) is 36.4 Å². The summed E-state index contributed by atoms with van der Waals surface area (Å²) in [7, 11) is 2.72. The number of rotatable bonds is 11. The van der Waals surface area contributed by atoms with Crippen LogP contribution in [0.25, 0.3) is 0 Å². The molecule has 0 bridgehead atoms. The second-order valence-corrected chi connectivity index (χ2v) is 10.8. The van der Waals surface area contributed by atoms with Gasteiger partial charge in [-0.05, 0) is 71.5 Å². The third kappa shape index (κ3) is 7.86. The molecule has 14 heteroatoms. The van der Waals surface area contributed by atoms with Crippen LogP contribution in [0.5, 0.6) is 11.5 Å². The Morgan fingerprint density at radius 1 is 1.15 bits per heavy atom. The van der Waals surface area contributed by atoms with Crippen molar-refractivity contribution >= 4 is 68.1 Å². The van der Waals surface area contributed by atoms with Crippen molar-refractivity contribution in [3.63, 3.8) is 0 Å². The fourth-order valence-corrected chi connectivity index (χ4v) is 5.75. The number of halogens is 1. The van der Waals surface area contributed by atoms with Gasteiger partial charge < -0.3 is 35.1 Å². The number of ether oxygens (including phenoxy) is 2. The van der Waals surface area contributed by atoms with Crippen molar-refractivity contribution < 1.29 is 23.9 Å². The fraction of sp³-hybridized carbons (Fsp3) is 0.222. The molecule has 0 fully saturated rings. The number of anilines is 3. The zero-order valence-electron chi connectivity index (χ0n) is 22.3. The molecule has 0 aliphatic heterocycles. The summed E-state index contributed by atoms with van der Waals surface area (Å²) < 4.78 is 16.0. The van der Waals surface area contributed by atoms with E-state index < -0.39 is 12.0 Å². The van der Waals surface area contributed by atoms with E-state index in [4.69, 9.17) is 26.2 Å². The molecule has 11 nitrogen and oxygen atoms in total. The fourth-order valence-electron chi connectivity index (χ4n) is 3.74. The van der Waals surface area contributed by atoms with Gasteiger partial charge in [0.25, 0.3) is 0 Å². The quantitative estimate of drug-likeness (QED) is 0.115. The molecular weight excluding hydrogens is 632 g/mol. The van der Waals surface area contributed by atoms with Gasteiger partial charge in [-0.2, -0.15) is 16.7 Å². The van der Waals surface area contributed by atoms with Gasteiger partial charge in [0.05, 0.1) is 24.3 Å². The first-order valence-electron chi connectivity index (χ1n) is 12.2. The molecule has 0 aliphatic rings. The molecule has 4 aromatic rings. The average molecular weight is 660 g/mol. The van der Waals surface area contributed by atoms with Crippen molar-refractivity contribution in [1.29, 1.82) is 0 Å². The number of aromatic hydroxyl groups is 1. The van der Waals surface area contributed by atoms with Crippen LogP contribution in [0, 0.1) is 6.92 Å². The minimum atomic E-state index is -0.601. The van der Waals surface area contributed by atoms with Crippen LogP contribution in [0.2, 0.25) is 0 Å². The number of thiocarbonyl (C=S) groups is 1. The van der Waals surface area contributed by atoms with Gasteiger partial charge in [-0.3, -0.25) is 4.98 Å². The van der Waals surface area contributed by atoms with E-state index in [2.05, 4.69) is 47.0 Å². The summed E-state index contributed by atoms with van der Waals surface area (Å²) in [6.07, 6.45) is 3.44. The molecule has 0 amide bonds. The summed E-state index contributed by atoms with van der Waals surface area (Å²) in [5, 5.41) is 24.6. The second-order valence-electron chi connectivity index (χ2n) is 8.54. The van der Waals surface area contributed by atoms with E-state index in [0.717, 1.165) is 17.1 Å². The van der Waals surface area contributed by atoms with Crippen LogP contribution in [0.15, 0.2) is 63.9 Å². The maximum atomic E-state index is 12.5. The number of phenols is 1. The molecule has 0 spiro atoms. The molecule has 0 radical (unpaired) electrons. The number of methoxy groups -OCH3 is 2. The smallest absolute Gasteiger partial charge is 0.339 e. The van der Waals surface area contributed by atoms with Gasteiger partial charge in [-0.1, -0.05) is 5.16 Å². The normalized spacial score (nSPS) is 11.4. The summed E-state index contributed by atoms with van der Waals surface area (Å²) in [5.74, 6) is 1.15. The minimum Gasteiger partial charge on any atom is -0.507 e. The van der Waals surface area contributed by atoms with Crippen LogP contribution < -0.4 is 20.7 Å². The summed E-state index contributed by atoms with van der Waals surface area (Å²) >= 11 is 10.4. The first-order chi connectivity index (χ1) is 19.8. The number of benzene rings is 2. The number of aryl methyl sites for hydroxylation is 1. The number of pyridine rings is 1. The summed E-state index contributed by atoms with van der Waals surface area (Å²) in [4.78, 5) is 20.9. The Hall–Kier alpha value is -3.88. The van der Waals surface area contributed by atoms with Gasteiger partial charge in [-0.15, -0.1) is 0 Å². The first kappa shape index (κ1) is 30.1. The Bertz CT molecular complexity index is 1500. The van der Waals surface area contributed by atoms with Crippen molar-refractivity contribution in [3.8, 4) is 11.5 Å². The molecule has 1 atom stereocenters. The number of nitrogens with zero attached hydrogens (tertiary/aromatic N) is 3. The van der Waals surface area contributed by atoms with Crippen molar-refractivity contribution in [2.24, 2.45) is 0 Å². The van der Waals surface area contributed by atoms with E-state index >= 15 is 0 Å². The third-order valence-electron chi connectivity index (χ3n) is 5.71. The lowest BCUT2D eigenvalue weighted by Gasteiger charge is -2.19. The highest BCUT2D eigenvalue weighted by atomic mass is 79.9. The Kier molecular flexibility index (Phi) is 10.4. The topological polar surface area (TPSA) is 144 Å². The number of carbonyl (C=O) groups is 1. The highest BCUT2D eigenvalue weighted by Gasteiger charge is 2.25. The van der Waals surface area contributed by atoms with Crippen molar-refractivity contribution in [3.05, 3.63) is 82.2 Å². The predicted octanol–water partition coefficient (Wildman–Crippen LogP) is 5.74. The largest absolute Gasteiger partial charge is 0.507 e. The molecule has 2 aromatic heterocycles. The number of esters is 1. The van der Waals surface area contributed by atoms with Gasteiger partial charge in [0, 0.05) is 52.6 Å². The monoisotopic (exact) mass is 658 g/mol. The van der Waals surface area contributed by atoms with Crippen LogP contribution in [-0.4, -0.2) is 51.3 Å². The number of phenolic OH excluding ortho intramolecular Hbond substituents is 1. The average Bonchev–Trinajstić information content (AvgIpc) is 3.41. The number of hydrogen-bond acceptors (Lipinski definition) is 11. The van der Waals surface area contributed by atoms with Crippen molar-refractivity contribution in [2.45, 2.75) is 18.7 Å². The van der Waals surface area contributed by atoms with E-state index in [9.17, 15) is 9.90 Å². The number of carbonyl (C=O) groups excluding carboxylic acids is 1.